The maximum atomic E-state index is 8.90. The van der Waals surface area contributed by atoms with Gasteiger partial charge in [0.2, 0.25) is 0 Å². The molecule has 2 nitrogen and oxygen atoms in total. The smallest absolute Gasteiger partial charge is 0.0697 e. The molecule has 0 saturated heterocycles. The van der Waals surface area contributed by atoms with Gasteiger partial charge in [-0.25, -0.2) is 0 Å². The number of aryl methyl sites for hydroxylation is 1. The number of nitrogens with one attached hydrogen (secondary N) is 1. The van der Waals surface area contributed by atoms with E-state index in [0.717, 1.165) is 6.54 Å². The van der Waals surface area contributed by atoms with Crippen molar-refractivity contribution in [2.24, 2.45) is 5.41 Å². The van der Waals surface area contributed by atoms with Gasteiger partial charge in [-0.05, 0) is 44.7 Å². The molecule has 0 aromatic carbocycles. The molecule has 1 aromatic rings. The van der Waals surface area contributed by atoms with Crippen molar-refractivity contribution in [1.82, 2.24) is 5.32 Å². The summed E-state index contributed by atoms with van der Waals surface area (Å²) in [6.07, 6.45) is 0. The Morgan fingerprint density at radius 2 is 2.27 bits per heavy atom. The van der Waals surface area contributed by atoms with Gasteiger partial charge in [0.1, 0.15) is 0 Å². The van der Waals surface area contributed by atoms with Gasteiger partial charge < -0.3 is 5.32 Å². The molecule has 1 atom stereocenters. The second-order valence-corrected chi connectivity index (χ2v) is 5.51. The van der Waals surface area contributed by atoms with Gasteiger partial charge in [0.25, 0.3) is 0 Å². The van der Waals surface area contributed by atoms with Crippen LogP contribution >= 0.6 is 11.3 Å². The fourth-order valence-electron chi connectivity index (χ4n) is 1.37. The Kier molecular flexibility index (Phi) is 3.90. The maximum absolute atomic E-state index is 8.90. The molecule has 15 heavy (non-hydrogen) atoms. The molecule has 1 rings (SSSR count). The summed E-state index contributed by atoms with van der Waals surface area (Å²) in [6, 6.07) is 4.76. The van der Waals surface area contributed by atoms with Gasteiger partial charge in [0.15, 0.2) is 0 Å². The number of hydrogen-bond acceptors (Lipinski definition) is 3. The highest BCUT2D eigenvalue weighted by molar-refractivity contribution is 7.10. The lowest BCUT2D eigenvalue weighted by molar-refractivity contribution is 0.417. The molecule has 0 bridgehead atoms. The van der Waals surface area contributed by atoms with Crippen LogP contribution < -0.4 is 5.32 Å². The molecule has 0 saturated carbocycles. The molecule has 1 heterocycles. The Labute approximate surface area is 95.9 Å². The minimum Gasteiger partial charge on any atom is -0.308 e. The molecule has 0 aliphatic carbocycles. The van der Waals surface area contributed by atoms with Crippen molar-refractivity contribution in [2.45, 2.75) is 33.7 Å². The van der Waals surface area contributed by atoms with Crippen molar-refractivity contribution in [3.63, 3.8) is 0 Å². The summed E-state index contributed by atoms with van der Waals surface area (Å²) < 4.78 is 0. The maximum Gasteiger partial charge on any atom is 0.0697 e. The van der Waals surface area contributed by atoms with E-state index < -0.39 is 0 Å². The summed E-state index contributed by atoms with van der Waals surface area (Å²) in [7, 11) is 0. The number of nitriles is 1. The molecule has 82 valence electrons. The SMILES string of the molecule is Cc1ccsc1C(C)NCC(C)(C)C#N. The first-order valence-electron chi connectivity index (χ1n) is 5.15. The van der Waals surface area contributed by atoms with Crippen LogP contribution in [0.4, 0.5) is 0 Å². The number of hydrogen-bond donors (Lipinski definition) is 1. The van der Waals surface area contributed by atoms with Crippen LogP contribution in [0.3, 0.4) is 0 Å². The van der Waals surface area contributed by atoms with Crippen LogP contribution in [-0.4, -0.2) is 6.54 Å². The second kappa shape index (κ2) is 4.78. The van der Waals surface area contributed by atoms with E-state index >= 15 is 0 Å². The summed E-state index contributed by atoms with van der Waals surface area (Å²) in [5.74, 6) is 0. The Balaban J connectivity index is 2.55. The van der Waals surface area contributed by atoms with Gasteiger partial charge in [0.05, 0.1) is 11.5 Å². The molecule has 0 amide bonds. The quantitative estimate of drug-likeness (QED) is 0.848. The highest BCUT2D eigenvalue weighted by Gasteiger charge is 2.18. The van der Waals surface area contributed by atoms with Crippen LogP contribution in [0, 0.1) is 23.7 Å². The predicted octanol–water partition coefficient (Wildman–Crippen LogP) is 3.26. The molecule has 0 radical (unpaired) electrons. The van der Waals surface area contributed by atoms with Crippen molar-refractivity contribution in [1.29, 1.82) is 5.26 Å². The highest BCUT2D eigenvalue weighted by atomic mass is 32.1. The van der Waals surface area contributed by atoms with E-state index in [2.05, 4.69) is 36.7 Å². The van der Waals surface area contributed by atoms with Crippen LogP contribution in [0.25, 0.3) is 0 Å². The van der Waals surface area contributed by atoms with Crippen molar-refractivity contribution < 1.29 is 0 Å². The number of nitrogens with zero attached hydrogens (tertiary/aromatic N) is 1. The fraction of sp³-hybridized carbons (Fsp3) is 0.583. The largest absolute Gasteiger partial charge is 0.308 e. The standard InChI is InChI=1S/C12H18N2S/c1-9-5-6-15-11(9)10(2)14-8-12(3,4)7-13/h5-6,10,14H,8H2,1-4H3. The number of rotatable bonds is 4. The Morgan fingerprint density at radius 1 is 1.60 bits per heavy atom. The molecule has 0 spiro atoms. The Bertz CT molecular complexity index is 360. The molecular formula is C12H18N2S. The average Bonchev–Trinajstić information content (AvgIpc) is 2.61. The Morgan fingerprint density at radius 3 is 2.73 bits per heavy atom. The van der Waals surface area contributed by atoms with E-state index in [-0.39, 0.29) is 5.41 Å². The molecule has 0 aliphatic heterocycles. The third-order valence-corrected chi connectivity index (χ3v) is 3.65. The first-order chi connectivity index (χ1) is 6.96. The van der Waals surface area contributed by atoms with Crippen LogP contribution in [0.1, 0.15) is 37.3 Å². The van der Waals surface area contributed by atoms with Gasteiger partial charge in [-0.1, -0.05) is 0 Å². The van der Waals surface area contributed by atoms with E-state index in [1.165, 1.54) is 10.4 Å². The normalized spacial score (nSPS) is 13.5. The van der Waals surface area contributed by atoms with Crippen LogP contribution in [0.2, 0.25) is 0 Å². The summed E-state index contributed by atoms with van der Waals surface area (Å²) in [4.78, 5) is 1.36. The van der Waals surface area contributed by atoms with Crippen molar-refractivity contribution in [3.05, 3.63) is 21.9 Å². The van der Waals surface area contributed by atoms with Gasteiger partial charge >= 0.3 is 0 Å². The van der Waals surface area contributed by atoms with Gasteiger partial charge in [0, 0.05) is 17.5 Å². The first kappa shape index (κ1) is 12.2. The number of thiophene rings is 1. The third-order valence-electron chi connectivity index (χ3n) is 2.45. The lowest BCUT2D eigenvalue weighted by Gasteiger charge is -2.20. The summed E-state index contributed by atoms with van der Waals surface area (Å²) >= 11 is 1.77. The van der Waals surface area contributed by atoms with Crippen LogP contribution in [-0.2, 0) is 0 Å². The van der Waals surface area contributed by atoms with E-state index in [1.54, 1.807) is 11.3 Å². The van der Waals surface area contributed by atoms with Crippen molar-refractivity contribution in [2.75, 3.05) is 6.54 Å². The lowest BCUT2D eigenvalue weighted by atomic mass is 9.95. The highest BCUT2D eigenvalue weighted by Crippen LogP contribution is 2.24. The zero-order valence-corrected chi connectivity index (χ0v) is 10.6. The van der Waals surface area contributed by atoms with E-state index in [1.807, 2.05) is 13.8 Å². The van der Waals surface area contributed by atoms with Gasteiger partial charge in [-0.3, -0.25) is 0 Å². The molecule has 3 heteroatoms. The topological polar surface area (TPSA) is 35.8 Å². The first-order valence-corrected chi connectivity index (χ1v) is 6.03. The second-order valence-electron chi connectivity index (χ2n) is 4.57. The minimum absolute atomic E-state index is 0.292. The fourth-order valence-corrected chi connectivity index (χ4v) is 2.33. The van der Waals surface area contributed by atoms with Crippen LogP contribution in [0.15, 0.2) is 11.4 Å². The van der Waals surface area contributed by atoms with Crippen LogP contribution in [0.5, 0.6) is 0 Å². The predicted molar refractivity (Wildman–Crippen MR) is 64.9 cm³/mol. The van der Waals surface area contributed by atoms with Gasteiger partial charge in [-0.15, -0.1) is 11.3 Å². The molecule has 0 fully saturated rings. The molecule has 1 unspecified atom stereocenters. The Hall–Kier alpha value is -0.850. The molecular weight excluding hydrogens is 204 g/mol. The summed E-state index contributed by atoms with van der Waals surface area (Å²) in [5, 5.41) is 14.4. The molecule has 1 aromatic heterocycles. The van der Waals surface area contributed by atoms with Gasteiger partial charge in [-0.2, -0.15) is 5.26 Å². The molecule has 0 aliphatic rings. The van der Waals surface area contributed by atoms with Crippen molar-refractivity contribution in [3.8, 4) is 6.07 Å². The van der Waals surface area contributed by atoms with E-state index in [9.17, 15) is 0 Å². The lowest BCUT2D eigenvalue weighted by Crippen LogP contribution is -2.30. The van der Waals surface area contributed by atoms with E-state index in [4.69, 9.17) is 5.26 Å². The third kappa shape index (κ3) is 3.33. The minimum atomic E-state index is -0.292. The zero-order chi connectivity index (χ0) is 11.5. The average molecular weight is 222 g/mol. The van der Waals surface area contributed by atoms with Crippen molar-refractivity contribution >= 4 is 11.3 Å². The molecule has 1 N–H and O–H groups in total. The summed E-state index contributed by atoms with van der Waals surface area (Å²) in [5.41, 5.74) is 1.04. The zero-order valence-electron chi connectivity index (χ0n) is 9.79. The monoisotopic (exact) mass is 222 g/mol. The summed E-state index contributed by atoms with van der Waals surface area (Å²) in [6.45, 7) is 8.90. The van der Waals surface area contributed by atoms with E-state index in [0.29, 0.717) is 6.04 Å².